The van der Waals surface area contributed by atoms with Gasteiger partial charge in [0.2, 0.25) is 0 Å². The molecule has 1 atom stereocenters. The molecule has 1 saturated heterocycles. The molecule has 2 aromatic rings. The normalized spacial score (nSPS) is 20.1. The van der Waals surface area contributed by atoms with Crippen molar-refractivity contribution in [2.75, 3.05) is 43.1 Å². The number of benzene rings is 1. The lowest BCUT2D eigenvalue weighted by Crippen LogP contribution is -2.36. The Morgan fingerprint density at radius 2 is 1.96 bits per heavy atom. The van der Waals surface area contributed by atoms with Gasteiger partial charge in [-0.2, -0.15) is 0 Å². The van der Waals surface area contributed by atoms with Crippen LogP contribution in [-0.2, 0) is 4.74 Å². The molecular formula is C21H27N3O2. The maximum Gasteiger partial charge on any atom is 0.127 e. The van der Waals surface area contributed by atoms with Gasteiger partial charge < -0.3 is 19.7 Å². The number of pyridine rings is 1. The molecule has 2 aliphatic rings. The van der Waals surface area contributed by atoms with Crippen LogP contribution in [0.1, 0.15) is 35.6 Å². The number of hydrogen-bond donors (Lipinski definition) is 1. The molecule has 26 heavy (non-hydrogen) atoms. The Morgan fingerprint density at radius 1 is 1.12 bits per heavy atom. The average Bonchev–Trinajstić information content (AvgIpc) is 2.86. The molecule has 1 fully saturated rings. The van der Waals surface area contributed by atoms with E-state index in [1.54, 1.807) is 0 Å². The maximum atomic E-state index is 6.02. The minimum atomic E-state index is 0.229. The highest BCUT2D eigenvalue weighted by molar-refractivity contribution is 5.53. The zero-order valence-electron chi connectivity index (χ0n) is 15.6. The van der Waals surface area contributed by atoms with Gasteiger partial charge in [0.15, 0.2) is 0 Å². The lowest BCUT2D eigenvalue weighted by molar-refractivity contribution is 0.122. The van der Waals surface area contributed by atoms with Gasteiger partial charge in [0, 0.05) is 18.7 Å². The van der Waals surface area contributed by atoms with Crippen LogP contribution in [0.25, 0.3) is 0 Å². The fourth-order valence-electron chi connectivity index (χ4n) is 3.87. The van der Waals surface area contributed by atoms with Crippen molar-refractivity contribution >= 4 is 11.5 Å². The van der Waals surface area contributed by atoms with Crippen molar-refractivity contribution in [1.82, 2.24) is 4.98 Å². The zero-order chi connectivity index (χ0) is 17.9. The summed E-state index contributed by atoms with van der Waals surface area (Å²) < 4.78 is 11.4. The van der Waals surface area contributed by atoms with E-state index in [0.29, 0.717) is 0 Å². The van der Waals surface area contributed by atoms with Gasteiger partial charge in [0.25, 0.3) is 0 Å². The Kier molecular flexibility index (Phi) is 4.98. The Bertz CT molecular complexity index is 755. The van der Waals surface area contributed by atoms with Crippen molar-refractivity contribution in [2.24, 2.45) is 0 Å². The molecule has 0 radical (unpaired) electrons. The van der Waals surface area contributed by atoms with Gasteiger partial charge in [0.05, 0.1) is 37.7 Å². The third-order valence-corrected chi connectivity index (χ3v) is 5.15. The number of nitrogens with zero attached hydrogens (tertiary/aromatic N) is 2. The lowest BCUT2D eigenvalue weighted by atomic mass is 9.97. The van der Waals surface area contributed by atoms with E-state index in [2.05, 4.69) is 53.3 Å². The largest absolute Gasteiger partial charge is 0.493 e. The van der Waals surface area contributed by atoms with Crippen LogP contribution in [0.4, 0.5) is 11.5 Å². The van der Waals surface area contributed by atoms with E-state index in [1.165, 1.54) is 16.7 Å². The first-order chi connectivity index (χ1) is 12.7. The summed E-state index contributed by atoms with van der Waals surface area (Å²) in [6.07, 6.45) is 4.04. The molecule has 0 aliphatic carbocycles. The summed E-state index contributed by atoms with van der Waals surface area (Å²) in [7, 11) is 0. The van der Waals surface area contributed by atoms with Gasteiger partial charge in [-0.05, 0) is 44.4 Å². The number of hydrogen-bond acceptors (Lipinski definition) is 5. The molecule has 0 spiro atoms. The lowest BCUT2D eigenvalue weighted by Gasteiger charge is -2.28. The van der Waals surface area contributed by atoms with Gasteiger partial charge in [-0.1, -0.05) is 17.7 Å². The number of rotatable bonds is 3. The minimum absolute atomic E-state index is 0.229. The summed E-state index contributed by atoms with van der Waals surface area (Å²) in [6, 6.07) is 8.90. The number of fused-ring (bicyclic) bond motifs is 1. The zero-order valence-corrected chi connectivity index (χ0v) is 15.6. The molecule has 1 unspecified atom stereocenters. The van der Waals surface area contributed by atoms with E-state index in [1.807, 2.05) is 6.20 Å². The molecule has 0 bridgehead atoms. The first kappa shape index (κ1) is 17.2. The minimum Gasteiger partial charge on any atom is -0.493 e. The Balaban J connectivity index is 1.54. The third-order valence-electron chi connectivity index (χ3n) is 5.15. The van der Waals surface area contributed by atoms with Gasteiger partial charge in [-0.25, -0.2) is 4.98 Å². The fraction of sp³-hybridized carbons (Fsp3) is 0.476. The van der Waals surface area contributed by atoms with Gasteiger partial charge in [-0.15, -0.1) is 0 Å². The van der Waals surface area contributed by atoms with Crippen LogP contribution in [0.2, 0.25) is 0 Å². The van der Waals surface area contributed by atoms with Crippen LogP contribution in [0.5, 0.6) is 5.75 Å². The van der Waals surface area contributed by atoms with Crippen molar-refractivity contribution in [1.29, 1.82) is 0 Å². The highest BCUT2D eigenvalue weighted by atomic mass is 16.5. The molecule has 0 saturated carbocycles. The molecule has 4 rings (SSSR count). The molecule has 0 amide bonds. The van der Waals surface area contributed by atoms with E-state index < -0.39 is 0 Å². The maximum absolute atomic E-state index is 6.02. The van der Waals surface area contributed by atoms with Crippen LogP contribution >= 0.6 is 0 Å². The highest BCUT2D eigenvalue weighted by Gasteiger charge is 2.22. The van der Waals surface area contributed by atoms with Crippen LogP contribution in [0.15, 0.2) is 30.5 Å². The van der Waals surface area contributed by atoms with Crippen molar-refractivity contribution in [3.05, 3.63) is 47.2 Å². The Labute approximate surface area is 155 Å². The summed E-state index contributed by atoms with van der Waals surface area (Å²) in [5, 5.41) is 3.63. The monoisotopic (exact) mass is 353 g/mol. The number of aryl methyl sites for hydroxylation is 2. The van der Waals surface area contributed by atoms with E-state index in [0.717, 1.165) is 63.0 Å². The molecule has 1 aromatic carbocycles. The molecule has 5 heteroatoms. The molecule has 138 valence electrons. The second kappa shape index (κ2) is 7.54. The molecule has 2 aliphatic heterocycles. The van der Waals surface area contributed by atoms with Crippen LogP contribution < -0.4 is 15.0 Å². The predicted octanol–water partition coefficient (Wildman–Crippen LogP) is 3.86. The highest BCUT2D eigenvalue weighted by Crippen LogP contribution is 2.36. The van der Waals surface area contributed by atoms with Crippen LogP contribution in [0.3, 0.4) is 0 Å². The van der Waals surface area contributed by atoms with Gasteiger partial charge >= 0.3 is 0 Å². The molecule has 3 heterocycles. The average molecular weight is 353 g/mol. The fourth-order valence-corrected chi connectivity index (χ4v) is 3.87. The Morgan fingerprint density at radius 3 is 2.73 bits per heavy atom. The smallest absolute Gasteiger partial charge is 0.127 e. The quantitative estimate of drug-likeness (QED) is 0.908. The predicted molar refractivity (Wildman–Crippen MR) is 104 cm³/mol. The van der Waals surface area contributed by atoms with E-state index in [9.17, 15) is 0 Å². The van der Waals surface area contributed by atoms with Crippen LogP contribution in [-0.4, -0.2) is 37.9 Å². The van der Waals surface area contributed by atoms with E-state index in [-0.39, 0.29) is 6.04 Å². The summed E-state index contributed by atoms with van der Waals surface area (Å²) >= 11 is 0. The molecular weight excluding hydrogens is 326 g/mol. The number of aromatic nitrogens is 1. The summed E-state index contributed by atoms with van der Waals surface area (Å²) in [4.78, 5) is 6.98. The van der Waals surface area contributed by atoms with Crippen molar-refractivity contribution in [3.63, 3.8) is 0 Å². The van der Waals surface area contributed by atoms with E-state index >= 15 is 0 Å². The number of ether oxygens (including phenoxy) is 2. The second-order valence-corrected chi connectivity index (χ2v) is 7.19. The topological polar surface area (TPSA) is 46.6 Å². The van der Waals surface area contributed by atoms with Crippen molar-refractivity contribution in [3.8, 4) is 5.75 Å². The van der Waals surface area contributed by atoms with E-state index in [4.69, 9.17) is 9.47 Å². The van der Waals surface area contributed by atoms with Crippen molar-refractivity contribution < 1.29 is 9.47 Å². The third kappa shape index (κ3) is 3.63. The standard InChI is InChI=1S/C21H27N3O2/c1-15-12-16(2)21-18(13-15)19(4-3-9-26-21)23-20-6-5-17(14-22-20)24-7-10-25-11-8-24/h5-6,12-14,19H,3-4,7-11H2,1-2H3,(H,22,23). The first-order valence-electron chi connectivity index (χ1n) is 9.50. The molecule has 1 aromatic heterocycles. The van der Waals surface area contributed by atoms with Gasteiger partial charge in [-0.3, -0.25) is 0 Å². The summed E-state index contributed by atoms with van der Waals surface area (Å²) in [5.41, 5.74) is 4.90. The summed E-state index contributed by atoms with van der Waals surface area (Å²) in [5.74, 6) is 1.95. The first-order valence-corrected chi connectivity index (χ1v) is 9.50. The Hall–Kier alpha value is -2.27. The van der Waals surface area contributed by atoms with Gasteiger partial charge in [0.1, 0.15) is 11.6 Å². The SMILES string of the molecule is Cc1cc(C)c2c(c1)C(Nc1ccc(N3CCOCC3)cn1)CCCO2. The summed E-state index contributed by atoms with van der Waals surface area (Å²) in [6.45, 7) is 8.49. The van der Waals surface area contributed by atoms with Crippen LogP contribution in [0, 0.1) is 13.8 Å². The number of nitrogens with one attached hydrogen (secondary N) is 1. The number of morpholine rings is 1. The molecule has 5 nitrogen and oxygen atoms in total. The molecule has 1 N–H and O–H groups in total. The second-order valence-electron chi connectivity index (χ2n) is 7.19. The number of anilines is 2. The van der Waals surface area contributed by atoms with Crippen molar-refractivity contribution in [2.45, 2.75) is 32.7 Å².